The van der Waals surface area contributed by atoms with E-state index in [0.29, 0.717) is 18.1 Å². The highest BCUT2D eigenvalue weighted by Crippen LogP contribution is 2.41. The third-order valence-corrected chi connectivity index (χ3v) is 3.44. The van der Waals surface area contributed by atoms with Crippen molar-refractivity contribution in [3.05, 3.63) is 23.8 Å². The van der Waals surface area contributed by atoms with Crippen LogP contribution in [0.4, 0.5) is 0 Å². The SMILES string of the molecule is COc1ccc2c(c1)OC(C1CC1)C/C2=N\O. The van der Waals surface area contributed by atoms with Crippen LogP contribution in [0.1, 0.15) is 24.8 Å². The van der Waals surface area contributed by atoms with Gasteiger partial charge in [-0.3, -0.25) is 0 Å². The molecule has 0 spiro atoms. The molecule has 0 saturated heterocycles. The van der Waals surface area contributed by atoms with E-state index in [0.717, 1.165) is 17.1 Å². The highest BCUT2D eigenvalue weighted by atomic mass is 16.5. The van der Waals surface area contributed by atoms with E-state index in [9.17, 15) is 0 Å². The first-order chi connectivity index (χ1) is 8.31. The normalized spacial score (nSPS) is 25.2. The van der Waals surface area contributed by atoms with E-state index < -0.39 is 0 Å². The Hall–Kier alpha value is -1.71. The zero-order valence-corrected chi connectivity index (χ0v) is 9.72. The molecule has 1 N–H and O–H groups in total. The second-order valence-electron chi connectivity index (χ2n) is 4.61. The molecule has 0 bridgehead atoms. The van der Waals surface area contributed by atoms with Gasteiger partial charge in [-0.15, -0.1) is 0 Å². The van der Waals surface area contributed by atoms with Gasteiger partial charge in [-0.05, 0) is 30.9 Å². The summed E-state index contributed by atoms with van der Waals surface area (Å²) in [4.78, 5) is 0. The molecule has 4 nitrogen and oxygen atoms in total. The number of benzene rings is 1. The van der Waals surface area contributed by atoms with Gasteiger partial charge in [0.15, 0.2) is 0 Å². The molecule has 0 aromatic heterocycles. The van der Waals surface area contributed by atoms with Crippen molar-refractivity contribution < 1.29 is 14.7 Å². The zero-order chi connectivity index (χ0) is 11.8. The summed E-state index contributed by atoms with van der Waals surface area (Å²) < 4.78 is 11.1. The number of methoxy groups -OCH3 is 1. The van der Waals surface area contributed by atoms with Crippen LogP contribution in [-0.4, -0.2) is 24.1 Å². The summed E-state index contributed by atoms with van der Waals surface area (Å²) in [6, 6.07) is 5.59. The van der Waals surface area contributed by atoms with Crippen LogP contribution in [0.25, 0.3) is 0 Å². The molecule has 17 heavy (non-hydrogen) atoms. The van der Waals surface area contributed by atoms with Crippen molar-refractivity contribution in [2.75, 3.05) is 7.11 Å². The number of rotatable bonds is 2. The molecule has 1 saturated carbocycles. The van der Waals surface area contributed by atoms with Crippen molar-refractivity contribution in [2.24, 2.45) is 11.1 Å². The molecule has 1 unspecified atom stereocenters. The summed E-state index contributed by atoms with van der Waals surface area (Å²) in [6.07, 6.45) is 3.27. The second-order valence-corrected chi connectivity index (χ2v) is 4.61. The van der Waals surface area contributed by atoms with E-state index in [1.165, 1.54) is 12.8 Å². The Labute approximate surface area is 99.8 Å². The first-order valence-electron chi connectivity index (χ1n) is 5.88. The maximum atomic E-state index is 9.09. The predicted octanol–water partition coefficient (Wildman–Crippen LogP) is 2.43. The Morgan fingerprint density at radius 1 is 1.41 bits per heavy atom. The first kappa shape index (κ1) is 10.4. The van der Waals surface area contributed by atoms with Crippen molar-refractivity contribution in [1.82, 2.24) is 0 Å². The topological polar surface area (TPSA) is 51.0 Å². The standard InChI is InChI=1S/C13H15NO3/c1-16-9-4-5-10-11(14-15)7-12(8-2-3-8)17-13(10)6-9/h4-6,8,12,15H,2-3,7H2,1H3/b14-11+. The summed E-state index contributed by atoms with van der Waals surface area (Å²) in [5, 5.41) is 12.5. The van der Waals surface area contributed by atoms with Gasteiger partial charge in [0.1, 0.15) is 17.6 Å². The number of oxime groups is 1. The molecular weight excluding hydrogens is 218 g/mol. The van der Waals surface area contributed by atoms with Gasteiger partial charge in [0.05, 0.1) is 12.8 Å². The van der Waals surface area contributed by atoms with Gasteiger partial charge in [0.2, 0.25) is 0 Å². The van der Waals surface area contributed by atoms with E-state index in [4.69, 9.17) is 14.7 Å². The molecule has 0 amide bonds. The largest absolute Gasteiger partial charge is 0.497 e. The fourth-order valence-corrected chi connectivity index (χ4v) is 2.30. The minimum Gasteiger partial charge on any atom is -0.497 e. The fraction of sp³-hybridized carbons (Fsp3) is 0.462. The summed E-state index contributed by atoms with van der Waals surface area (Å²) in [5.41, 5.74) is 1.58. The van der Waals surface area contributed by atoms with Gasteiger partial charge in [-0.2, -0.15) is 0 Å². The number of fused-ring (bicyclic) bond motifs is 1. The monoisotopic (exact) mass is 233 g/mol. The Bertz CT molecular complexity index is 466. The van der Waals surface area contributed by atoms with Gasteiger partial charge in [-0.1, -0.05) is 5.16 Å². The van der Waals surface area contributed by atoms with Crippen molar-refractivity contribution in [2.45, 2.75) is 25.4 Å². The minimum absolute atomic E-state index is 0.153. The van der Waals surface area contributed by atoms with Gasteiger partial charge >= 0.3 is 0 Å². The van der Waals surface area contributed by atoms with Gasteiger partial charge in [-0.25, -0.2) is 0 Å². The summed E-state index contributed by atoms with van der Waals surface area (Å²) in [5.74, 6) is 2.14. The van der Waals surface area contributed by atoms with Crippen LogP contribution >= 0.6 is 0 Å². The molecule has 4 heteroatoms. The predicted molar refractivity (Wildman–Crippen MR) is 63.1 cm³/mol. The lowest BCUT2D eigenvalue weighted by Crippen LogP contribution is -2.29. The maximum Gasteiger partial charge on any atom is 0.132 e. The van der Waals surface area contributed by atoms with Gasteiger partial charge in [0, 0.05) is 18.1 Å². The third-order valence-electron chi connectivity index (χ3n) is 3.44. The van der Waals surface area contributed by atoms with Crippen molar-refractivity contribution in [1.29, 1.82) is 0 Å². The lowest BCUT2D eigenvalue weighted by Gasteiger charge is -2.26. The third kappa shape index (κ3) is 1.84. The molecule has 1 aromatic carbocycles. The van der Waals surface area contributed by atoms with Crippen molar-refractivity contribution >= 4 is 5.71 Å². The van der Waals surface area contributed by atoms with Crippen molar-refractivity contribution in [3.8, 4) is 11.5 Å². The highest BCUT2D eigenvalue weighted by Gasteiger charge is 2.37. The van der Waals surface area contributed by atoms with Crippen LogP contribution < -0.4 is 9.47 Å². The molecule has 1 fully saturated rings. The fourth-order valence-electron chi connectivity index (χ4n) is 2.30. The van der Waals surface area contributed by atoms with E-state index in [1.807, 2.05) is 18.2 Å². The summed E-state index contributed by atoms with van der Waals surface area (Å²) >= 11 is 0. The van der Waals surface area contributed by atoms with Crippen LogP contribution in [-0.2, 0) is 0 Å². The average Bonchev–Trinajstić information content (AvgIpc) is 3.20. The summed E-state index contributed by atoms with van der Waals surface area (Å²) in [7, 11) is 1.63. The van der Waals surface area contributed by atoms with Crippen LogP contribution in [0.3, 0.4) is 0 Å². The Morgan fingerprint density at radius 3 is 2.88 bits per heavy atom. The molecule has 1 aliphatic carbocycles. The molecule has 3 rings (SSSR count). The molecule has 90 valence electrons. The van der Waals surface area contributed by atoms with Gasteiger partial charge < -0.3 is 14.7 Å². The molecule has 1 aromatic rings. The number of ether oxygens (including phenoxy) is 2. The molecule has 1 atom stereocenters. The van der Waals surface area contributed by atoms with E-state index in [-0.39, 0.29) is 6.10 Å². The zero-order valence-electron chi connectivity index (χ0n) is 9.72. The van der Waals surface area contributed by atoms with E-state index in [2.05, 4.69) is 5.16 Å². The molecule has 0 radical (unpaired) electrons. The number of hydrogen-bond acceptors (Lipinski definition) is 4. The maximum absolute atomic E-state index is 9.09. The van der Waals surface area contributed by atoms with Crippen LogP contribution in [0.15, 0.2) is 23.4 Å². The van der Waals surface area contributed by atoms with Gasteiger partial charge in [0.25, 0.3) is 0 Å². The number of nitrogens with zero attached hydrogens (tertiary/aromatic N) is 1. The first-order valence-corrected chi connectivity index (χ1v) is 5.88. The van der Waals surface area contributed by atoms with E-state index >= 15 is 0 Å². The molecular formula is C13H15NO3. The quantitative estimate of drug-likeness (QED) is 0.630. The average molecular weight is 233 g/mol. The molecule has 1 heterocycles. The summed E-state index contributed by atoms with van der Waals surface area (Å²) in [6.45, 7) is 0. The molecule has 2 aliphatic rings. The molecule has 1 aliphatic heterocycles. The second kappa shape index (κ2) is 3.95. The Balaban J connectivity index is 1.98. The van der Waals surface area contributed by atoms with Crippen LogP contribution in [0.2, 0.25) is 0 Å². The van der Waals surface area contributed by atoms with E-state index in [1.54, 1.807) is 7.11 Å². The van der Waals surface area contributed by atoms with Crippen LogP contribution in [0, 0.1) is 5.92 Å². The Morgan fingerprint density at radius 2 is 2.24 bits per heavy atom. The number of hydrogen-bond donors (Lipinski definition) is 1. The smallest absolute Gasteiger partial charge is 0.132 e. The highest BCUT2D eigenvalue weighted by molar-refractivity contribution is 6.03. The lowest BCUT2D eigenvalue weighted by molar-refractivity contribution is 0.175. The lowest BCUT2D eigenvalue weighted by atomic mass is 9.97. The minimum atomic E-state index is 0.153. The van der Waals surface area contributed by atoms with Crippen molar-refractivity contribution in [3.63, 3.8) is 0 Å². The van der Waals surface area contributed by atoms with Crippen LogP contribution in [0.5, 0.6) is 11.5 Å². The Kier molecular flexibility index (Phi) is 2.42.